The summed E-state index contributed by atoms with van der Waals surface area (Å²) in [5.41, 5.74) is 11.0. The van der Waals surface area contributed by atoms with Crippen molar-refractivity contribution in [1.82, 2.24) is 9.88 Å². The van der Waals surface area contributed by atoms with Gasteiger partial charge in [-0.25, -0.2) is 4.98 Å². The zero-order valence-electron chi connectivity index (χ0n) is 13.9. The smallest absolute Gasteiger partial charge is 0.129 e. The Morgan fingerprint density at radius 2 is 1.56 bits per heavy atom. The molecule has 25 heavy (non-hydrogen) atoms. The third-order valence-corrected chi connectivity index (χ3v) is 5.01. The summed E-state index contributed by atoms with van der Waals surface area (Å²) in [6, 6.07) is 23.3. The fraction of sp³-hybridized carbons (Fsp3) is 0.136. The van der Waals surface area contributed by atoms with Gasteiger partial charge < -0.3 is 5.73 Å². The summed E-state index contributed by atoms with van der Waals surface area (Å²) >= 11 is 0. The van der Waals surface area contributed by atoms with Crippen LogP contribution in [-0.2, 0) is 6.54 Å². The second kappa shape index (κ2) is 5.57. The Hall–Kier alpha value is -2.91. The van der Waals surface area contributed by atoms with Crippen LogP contribution in [0.2, 0.25) is 0 Å². The van der Waals surface area contributed by atoms with Gasteiger partial charge in [-0.05, 0) is 28.0 Å². The topological polar surface area (TPSA) is 41.9 Å². The lowest BCUT2D eigenvalue weighted by atomic mass is 9.91. The number of benzene rings is 3. The average molecular weight is 325 g/mol. The Morgan fingerprint density at radius 1 is 0.840 bits per heavy atom. The predicted molar refractivity (Wildman–Crippen MR) is 104 cm³/mol. The fourth-order valence-electron chi connectivity index (χ4n) is 3.63. The molecule has 2 N–H and O–H groups in total. The van der Waals surface area contributed by atoms with Gasteiger partial charge in [0.1, 0.15) is 5.82 Å². The number of nitrogens with two attached hydrogens (primary N) is 1. The first-order valence-corrected chi connectivity index (χ1v) is 8.69. The molecule has 0 saturated carbocycles. The van der Waals surface area contributed by atoms with E-state index < -0.39 is 0 Å². The van der Waals surface area contributed by atoms with E-state index in [-0.39, 0.29) is 0 Å². The summed E-state index contributed by atoms with van der Waals surface area (Å²) in [5, 5.41) is 3.68. The summed E-state index contributed by atoms with van der Waals surface area (Å²) in [6.45, 7) is 3.14. The lowest BCUT2D eigenvalue weighted by Crippen LogP contribution is -2.07. The van der Waals surface area contributed by atoms with Gasteiger partial charge >= 0.3 is 0 Å². The molecule has 3 heteroatoms. The highest BCUT2D eigenvalue weighted by atomic mass is 15.3. The van der Waals surface area contributed by atoms with Crippen LogP contribution in [0.15, 0.2) is 66.7 Å². The summed E-state index contributed by atoms with van der Waals surface area (Å²) in [7, 11) is 0. The highest BCUT2D eigenvalue weighted by molar-refractivity contribution is 6.06. The van der Waals surface area contributed by atoms with Gasteiger partial charge in [-0.2, -0.15) is 0 Å². The van der Waals surface area contributed by atoms with Crippen LogP contribution in [0.3, 0.4) is 0 Å². The number of aromatic nitrogens is 1. The number of fused-ring (bicyclic) bond motifs is 2. The van der Waals surface area contributed by atoms with Gasteiger partial charge in [-0.15, -0.1) is 0 Å². The highest BCUT2D eigenvalue weighted by Crippen LogP contribution is 2.39. The third-order valence-electron chi connectivity index (χ3n) is 5.01. The van der Waals surface area contributed by atoms with Crippen molar-refractivity contribution in [2.75, 3.05) is 18.8 Å². The lowest BCUT2D eigenvalue weighted by molar-refractivity contribution is 0.558. The van der Waals surface area contributed by atoms with Crippen molar-refractivity contribution < 1.29 is 0 Å². The van der Waals surface area contributed by atoms with Crippen molar-refractivity contribution in [3.63, 3.8) is 0 Å². The Bertz CT molecular complexity index is 1090. The maximum absolute atomic E-state index is 6.41. The Kier molecular flexibility index (Phi) is 3.22. The molecule has 122 valence electrons. The molecule has 1 aromatic heterocycles. The summed E-state index contributed by atoms with van der Waals surface area (Å²) < 4.78 is 0. The number of pyridine rings is 1. The molecule has 0 unspecified atom stereocenters. The van der Waals surface area contributed by atoms with Crippen molar-refractivity contribution in [1.29, 1.82) is 0 Å². The Labute approximate surface area is 146 Å². The molecular formula is C22H19N3. The lowest BCUT2D eigenvalue weighted by Gasteiger charge is -2.17. The fourth-order valence-corrected chi connectivity index (χ4v) is 3.63. The molecule has 1 fully saturated rings. The predicted octanol–water partition coefficient (Wildman–Crippen LogP) is 4.45. The van der Waals surface area contributed by atoms with Crippen LogP contribution in [0, 0.1) is 0 Å². The van der Waals surface area contributed by atoms with Crippen molar-refractivity contribution in [2.45, 2.75) is 6.54 Å². The van der Waals surface area contributed by atoms with E-state index >= 15 is 0 Å². The van der Waals surface area contributed by atoms with Gasteiger partial charge in [0.2, 0.25) is 0 Å². The molecule has 1 aliphatic heterocycles. The molecule has 2 heterocycles. The summed E-state index contributed by atoms with van der Waals surface area (Å²) in [6.07, 6.45) is 0. The minimum atomic E-state index is 0.647. The van der Waals surface area contributed by atoms with E-state index in [0.717, 1.165) is 30.7 Å². The molecule has 5 rings (SSSR count). The zero-order valence-corrected chi connectivity index (χ0v) is 13.9. The van der Waals surface area contributed by atoms with E-state index in [4.69, 9.17) is 5.73 Å². The first-order chi connectivity index (χ1) is 12.3. The van der Waals surface area contributed by atoms with Gasteiger partial charge in [0.15, 0.2) is 0 Å². The van der Waals surface area contributed by atoms with Gasteiger partial charge in [0.05, 0.1) is 5.52 Å². The molecule has 0 radical (unpaired) electrons. The quantitative estimate of drug-likeness (QED) is 0.566. The van der Waals surface area contributed by atoms with E-state index in [1.54, 1.807) is 0 Å². The molecule has 4 aromatic rings. The van der Waals surface area contributed by atoms with Crippen LogP contribution in [-0.4, -0.2) is 23.0 Å². The van der Waals surface area contributed by atoms with Crippen LogP contribution in [0.1, 0.15) is 5.56 Å². The second-order valence-corrected chi connectivity index (χ2v) is 6.67. The first-order valence-electron chi connectivity index (χ1n) is 8.69. The zero-order chi connectivity index (χ0) is 16.8. The monoisotopic (exact) mass is 325 g/mol. The van der Waals surface area contributed by atoms with Crippen molar-refractivity contribution >= 4 is 27.5 Å². The Morgan fingerprint density at radius 3 is 2.40 bits per heavy atom. The highest BCUT2D eigenvalue weighted by Gasteiger charge is 2.23. The van der Waals surface area contributed by atoms with Crippen molar-refractivity contribution in [3.05, 3.63) is 72.3 Å². The molecule has 0 bridgehead atoms. The van der Waals surface area contributed by atoms with E-state index in [9.17, 15) is 0 Å². The molecular weight excluding hydrogens is 306 g/mol. The Balaban J connectivity index is 1.89. The summed E-state index contributed by atoms with van der Waals surface area (Å²) in [5.74, 6) is 0.647. The molecule has 1 aliphatic rings. The van der Waals surface area contributed by atoms with Gasteiger partial charge in [-0.3, -0.25) is 4.90 Å². The molecule has 0 amide bonds. The van der Waals surface area contributed by atoms with E-state index in [1.165, 1.54) is 27.3 Å². The molecule has 3 aromatic carbocycles. The van der Waals surface area contributed by atoms with Gasteiger partial charge in [0, 0.05) is 30.6 Å². The number of nitrogen functional groups attached to an aromatic ring is 1. The van der Waals surface area contributed by atoms with Crippen LogP contribution < -0.4 is 5.73 Å². The van der Waals surface area contributed by atoms with Gasteiger partial charge in [0.25, 0.3) is 0 Å². The van der Waals surface area contributed by atoms with Crippen LogP contribution in [0.5, 0.6) is 0 Å². The van der Waals surface area contributed by atoms with Crippen molar-refractivity contribution in [2.24, 2.45) is 0 Å². The molecule has 3 nitrogen and oxygen atoms in total. The number of para-hydroxylation sites is 1. The normalized spacial score (nSPS) is 14.2. The standard InChI is InChI=1S/C22H19N3/c23-22-19(14-25-12-13-25)21(18-9-3-4-11-20(18)24-22)17-10-5-7-15-6-1-2-8-16(15)17/h1-11H,12-14H2,(H2,23,24). The number of nitrogens with zero attached hydrogens (tertiary/aromatic N) is 2. The number of hydrogen-bond donors (Lipinski definition) is 1. The van der Waals surface area contributed by atoms with E-state index in [1.807, 2.05) is 12.1 Å². The minimum Gasteiger partial charge on any atom is -0.383 e. The molecule has 0 aliphatic carbocycles. The second-order valence-electron chi connectivity index (χ2n) is 6.67. The molecule has 1 saturated heterocycles. The largest absolute Gasteiger partial charge is 0.383 e. The van der Waals surface area contributed by atoms with Crippen molar-refractivity contribution in [3.8, 4) is 11.1 Å². The third kappa shape index (κ3) is 2.44. The molecule has 0 atom stereocenters. The van der Waals surface area contributed by atoms with Crippen LogP contribution >= 0.6 is 0 Å². The summed E-state index contributed by atoms with van der Waals surface area (Å²) in [4.78, 5) is 7.06. The van der Waals surface area contributed by atoms with Gasteiger partial charge in [-0.1, -0.05) is 60.7 Å². The number of anilines is 1. The maximum atomic E-state index is 6.41. The SMILES string of the molecule is Nc1nc2ccccc2c(-c2cccc3ccccc23)c1CN1CC1. The number of hydrogen-bond acceptors (Lipinski definition) is 3. The van der Waals surface area contributed by atoms with E-state index in [2.05, 4.69) is 64.5 Å². The van der Waals surface area contributed by atoms with Crippen LogP contribution in [0.25, 0.3) is 32.8 Å². The maximum Gasteiger partial charge on any atom is 0.129 e. The minimum absolute atomic E-state index is 0.647. The first kappa shape index (κ1) is 14.4. The van der Waals surface area contributed by atoms with E-state index in [0.29, 0.717) is 5.82 Å². The number of rotatable bonds is 3. The average Bonchev–Trinajstić information content (AvgIpc) is 3.46. The van der Waals surface area contributed by atoms with Crippen LogP contribution in [0.4, 0.5) is 5.82 Å². The molecule has 0 spiro atoms.